The maximum absolute atomic E-state index is 12.8. The van der Waals surface area contributed by atoms with Gasteiger partial charge in [-0.05, 0) is 55.0 Å². The van der Waals surface area contributed by atoms with Crippen molar-refractivity contribution in [1.82, 2.24) is 14.8 Å². The molecule has 0 saturated carbocycles. The number of pyridine rings is 1. The van der Waals surface area contributed by atoms with Gasteiger partial charge >= 0.3 is 0 Å². The van der Waals surface area contributed by atoms with Crippen molar-refractivity contribution in [2.24, 2.45) is 0 Å². The lowest BCUT2D eigenvalue weighted by Gasteiger charge is -2.36. The van der Waals surface area contributed by atoms with E-state index in [1.54, 1.807) is 12.3 Å². The highest BCUT2D eigenvalue weighted by Gasteiger charge is 2.25. The van der Waals surface area contributed by atoms with Crippen LogP contribution in [0.15, 0.2) is 65.3 Å². The summed E-state index contributed by atoms with van der Waals surface area (Å²) in [5.41, 5.74) is 3.11. The number of ether oxygens (including phenoxy) is 1. The molecule has 1 aliphatic rings. The average molecular weight is 545 g/mol. The number of β-amino-alcohol motifs (C(OH)–C–C–N with tert-alkyl or cyclic N) is 1. The summed E-state index contributed by atoms with van der Waals surface area (Å²) in [7, 11) is 0. The van der Waals surface area contributed by atoms with Crippen LogP contribution in [0.3, 0.4) is 0 Å². The van der Waals surface area contributed by atoms with E-state index in [1.807, 2.05) is 60.4 Å². The third kappa shape index (κ3) is 6.16. The number of halogens is 2. The van der Waals surface area contributed by atoms with E-state index in [9.17, 15) is 9.90 Å². The number of carbonyl (C=O) groups is 1. The molecule has 8 heteroatoms. The lowest BCUT2D eigenvalue weighted by molar-refractivity contribution is 0.0521. The minimum atomic E-state index is -0.722. The van der Waals surface area contributed by atoms with Gasteiger partial charge < -0.3 is 14.7 Å². The zero-order valence-electron chi connectivity index (χ0n) is 19.0. The number of aromatic nitrogens is 1. The molecule has 1 unspecified atom stereocenters. The van der Waals surface area contributed by atoms with Crippen LogP contribution >= 0.6 is 27.5 Å². The maximum atomic E-state index is 12.8. The molecule has 0 spiro atoms. The van der Waals surface area contributed by atoms with E-state index in [0.717, 1.165) is 21.3 Å². The molecule has 0 aliphatic carbocycles. The van der Waals surface area contributed by atoms with Crippen LogP contribution in [-0.2, 0) is 6.61 Å². The third-order valence-corrected chi connectivity index (χ3v) is 6.71. The number of aliphatic hydroxyl groups is 1. The van der Waals surface area contributed by atoms with E-state index in [1.165, 1.54) is 0 Å². The number of hydrogen-bond acceptors (Lipinski definition) is 5. The molecule has 0 radical (unpaired) electrons. The summed E-state index contributed by atoms with van der Waals surface area (Å²) in [5, 5.41) is 11.7. The first-order valence-electron chi connectivity index (χ1n) is 11.2. The highest BCUT2D eigenvalue weighted by Crippen LogP contribution is 2.30. The van der Waals surface area contributed by atoms with Crippen LogP contribution in [0.5, 0.6) is 5.75 Å². The van der Waals surface area contributed by atoms with Crippen molar-refractivity contribution < 1.29 is 14.6 Å². The number of aryl methyl sites for hydroxylation is 1. The van der Waals surface area contributed by atoms with E-state index in [0.29, 0.717) is 55.7 Å². The predicted molar refractivity (Wildman–Crippen MR) is 136 cm³/mol. The van der Waals surface area contributed by atoms with Crippen LogP contribution in [0.1, 0.15) is 33.3 Å². The highest BCUT2D eigenvalue weighted by atomic mass is 79.9. The molecule has 34 heavy (non-hydrogen) atoms. The summed E-state index contributed by atoms with van der Waals surface area (Å²) in [5.74, 6) is 0.655. The van der Waals surface area contributed by atoms with Crippen LogP contribution < -0.4 is 4.74 Å². The van der Waals surface area contributed by atoms with Gasteiger partial charge in [0.2, 0.25) is 0 Å². The van der Waals surface area contributed by atoms with Gasteiger partial charge in [-0.1, -0.05) is 39.7 Å². The van der Waals surface area contributed by atoms with Gasteiger partial charge in [0, 0.05) is 59.7 Å². The van der Waals surface area contributed by atoms with Gasteiger partial charge in [-0.25, -0.2) is 0 Å². The van der Waals surface area contributed by atoms with E-state index in [4.69, 9.17) is 16.3 Å². The Kier molecular flexibility index (Phi) is 8.21. The van der Waals surface area contributed by atoms with Crippen LogP contribution in [0.4, 0.5) is 0 Å². The SMILES string of the molecule is Cc1ncccc1C(=O)N1CCN(CC(O)c2cc(Br)ccc2OCc2ccc(Cl)cc2)CC1. The Balaban J connectivity index is 1.36. The topological polar surface area (TPSA) is 65.9 Å². The van der Waals surface area contributed by atoms with E-state index < -0.39 is 6.10 Å². The highest BCUT2D eigenvalue weighted by molar-refractivity contribution is 9.10. The van der Waals surface area contributed by atoms with Gasteiger partial charge in [0.05, 0.1) is 11.7 Å². The lowest BCUT2D eigenvalue weighted by Crippen LogP contribution is -2.49. The number of carbonyl (C=O) groups excluding carboxylic acids is 1. The van der Waals surface area contributed by atoms with Crippen molar-refractivity contribution in [2.45, 2.75) is 19.6 Å². The Morgan fingerprint density at radius 3 is 2.59 bits per heavy atom. The summed E-state index contributed by atoms with van der Waals surface area (Å²) >= 11 is 9.46. The molecule has 1 aliphatic heterocycles. The summed E-state index contributed by atoms with van der Waals surface area (Å²) in [6.45, 7) is 5.30. The molecule has 1 saturated heterocycles. The van der Waals surface area contributed by atoms with Crippen molar-refractivity contribution >= 4 is 33.4 Å². The first-order valence-corrected chi connectivity index (χ1v) is 12.4. The molecule has 1 amide bonds. The molecule has 1 aromatic heterocycles. The Hall–Kier alpha value is -2.45. The molecule has 178 valence electrons. The molecule has 2 heterocycles. The summed E-state index contributed by atoms with van der Waals surface area (Å²) in [6, 6.07) is 16.8. The van der Waals surface area contributed by atoms with Gasteiger partial charge in [0.15, 0.2) is 0 Å². The number of piperazine rings is 1. The molecule has 1 fully saturated rings. The normalized spacial score (nSPS) is 15.2. The fourth-order valence-corrected chi connectivity index (χ4v) is 4.51. The first kappa shape index (κ1) is 24.7. The minimum absolute atomic E-state index is 0.00988. The Bertz CT molecular complexity index is 1130. The molecular weight excluding hydrogens is 518 g/mol. The van der Waals surface area contributed by atoms with Crippen molar-refractivity contribution in [3.8, 4) is 5.75 Å². The van der Waals surface area contributed by atoms with Crippen molar-refractivity contribution in [2.75, 3.05) is 32.7 Å². The molecule has 0 bridgehead atoms. The number of hydrogen-bond donors (Lipinski definition) is 1. The second-order valence-electron chi connectivity index (χ2n) is 8.34. The number of aliphatic hydroxyl groups excluding tert-OH is 1. The largest absolute Gasteiger partial charge is 0.489 e. The van der Waals surface area contributed by atoms with E-state index in [-0.39, 0.29) is 5.91 Å². The Morgan fingerprint density at radius 1 is 1.15 bits per heavy atom. The second kappa shape index (κ2) is 11.3. The molecule has 3 aromatic rings. The first-order chi connectivity index (χ1) is 16.4. The molecule has 4 rings (SSSR count). The number of amides is 1. The van der Waals surface area contributed by atoms with Gasteiger partial charge in [0.25, 0.3) is 5.91 Å². The van der Waals surface area contributed by atoms with Gasteiger partial charge in [-0.2, -0.15) is 0 Å². The van der Waals surface area contributed by atoms with Crippen molar-refractivity contribution in [3.63, 3.8) is 0 Å². The smallest absolute Gasteiger partial charge is 0.255 e. The van der Waals surface area contributed by atoms with E-state index in [2.05, 4.69) is 25.8 Å². The average Bonchev–Trinajstić information content (AvgIpc) is 2.84. The third-order valence-electron chi connectivity index (χ3n) is 5.97. The zero-order valence-corrected chi connectivity index (χ0v) is 21.3. The standard InChI is InChI=1S/C26H27BrClN3O3/c1-18-22(3-2-10-29-18)26(33)31-13-11-30(12-14-31)16-24(32)23-15-20(27)6-9-25(23)34-17-19-4-7-21(28)8-5-19/h2-10,15,24,32H,11-14,16-17H2,1H3. The summed E-state index contributed by atoms with van der Waals surface area (Å²) in [4.78, 5) is 21.1. The van der Waals surface area contributed by atoms with Gasteiger partial charge in [0.1, 0.15) is 12.4 Å². The number of benzene rings is 2. The number of rotatable bonds is 7. The zero-order chi connectivity index (χ0) is 24.1. The monoisotopic (exact) mass is 543 g/mol. The van der Waals surface area contributed by atoms with Crippen LogP contribution in [0.2, 0.25) is 5.02 Å². The van der Waals surface area contributed by atoms with Crippen LogP contribution in [-0.4, -0.2) is 58.5 Å². The van der Waals surface area contributed by atoms with Crippen molar-refractivity contribution in [3.05, 3.63) is 92.7 Å². The summed E-state index contributed by atoms with van der Waals surface area (Å²) < 4.78 is 6.91. The van der Waals surface area contributed by atoms with Crippen LogP contribution in [0.25, 0.3) is 0 Å². The Morgan fingerprint density at radius 2 is 1.88 bits per heavy atom. The van der Waals surface area contributed by atoms with Crippen molar-refractivity contribution in [1.29, 1.82) is 0 Å². The molecule has 6 nitrogen and oxygen atoms in total. The molecule has 1 atom stereocenters. The lowest BCUT2D eigenvalue weighted by atomic mass is 10.1. The fraction of sp³-hybridized carbons (Fsp3) is 0.308. The van der Waals surface area contributed by atoms with E-state index >= 15 is 0 Å². The van der Waals surface area contributed by atoms with Gasteiger partial charge in [-0.3, -0.25) is 14.7 Å². The minimum Gasteiger partial charge on any atom is -0.489 e. The Labute approximate surface area is 213 Å². The summed E-state index contributed by atoms with van der Waals surface area (Å²) in [6.07, 6.45) is 0.974. The molecule has 1 N–H and O–H groups in total. The maximum Gasteiger partial charge on any atom is 0.255 e. The van der Waals surface area contributed by atoms with Crippen LogP contribution in [0, 0.1) is 6.92 Å². The quantitative estimate of drug-likeness (QED) is 0.459. The number of nitrogens with zero attached hydrogens (tertiary/aromatic N) is 3. The van der Waals surface area contributed by atoms with Gasteiger partial charge in [-0.15, -0.1) is 0 Å². The second-order valence-corrected chi connectivity index (χ2v) is 9.69. The fourth-order valence-electron chi connectivity index (χ4n) is 4.01. The molecular formula is C26H27BrClN3O3. The molecule has 2 aromatic carbocycles. The predicted octanol–water partition coefficient (Wildman–Crippen LogP) is 4.88.